The van der Waals surface area contributed by atoms with Gasteiger partial charge in [0.2, 0.25) is 0 Å². The van der Waals surface area contributed by atoms with Gasteiger partial charge in [-0.15, -0.1) is 0 Å². The third-order valence-corrected chi connectivity index (χ3v) is 4.43. The molecule has 0 aliphatic carbocycles. The number of hydrogen-bond acceptors (Lipinski definition) is 4. The van der Waals surface area contributed by atoms with Gasteiger partial charge in [-0.1, -0.05) is 17.7 Å². The van der Waals surface area contributed by atoms with E-state index in [1.54, 1.807) is 44.6 Å². The SMILES string of the molecule is COc1ccc(CN2CC(=O)Cc3ccc(Cl)cc3C2=O)c(OC)c1. The lowest BCUT2D eigenvalue weighted by Crippen LogP contribution is -2.33. The Bertz CT molecular complexity index is 834. The molecule has 1 heterocycles. The summed E-state index contributed by atoms with van der Waals surface area (Å²) in [6.07, 6.45) is 0.231. The number of carbonyl (C=O) groups excluding carboxylic acids is 2. The van der Waals surface area contributed by atoms with Crippen LogP contribution in [0.5, 0.6) is 11.5 Å². The highest BCUT2D eigenvalue weighted by molar-refractivity contribution is 6.31. The number of ether oxygens (including phenoxy) is 2. The lowest BCUT2D eigenvalue weighted by molar-refractivity contribution is -0.119. The van der Waals surface area contributed by atoms with Gasteiger partial charge in [-0.05, 0) is 29.8 Å². The van der Waals surface area contributed by atoms with Crippen LogP contribution in [0.3, 0.4) is 0 Å². The maximum Gasteiger partial charge on any atom is 0.254 e. The van der Waals surface area contributed by atoms with Crippen molar-refractivity contribution in [3.8, 4) is 11.5 Å². The second-order valence-electron chi connectivity index (χ2n) is 5.86. The summed E-state index contributed by atoms with van der Waals surface area (Å²) in [6, 6.07) is 10.4. The van der Waals surface area contributed by atoms with Crippen LogP contribution in [0.15, 0.2) is 36.4 Å². The maximum atomic E-state index is 12.9. The zero-order valence-electron chi connectivity index (χ0n) is 14.0. The highest BCUT2D eigenvalue weighted by atomic mass is 35.5. The molecule has 0 saturated carbocycles. The van der Waals surface area contributed by atoms with Crippen molar-refractivity contribution in [1.82, 2.24) is 4.90 Å². The molecular weight excluding hydrogens is 342 g/mol. The Morgan fingerprint density at radius 3 is 2.60 bits per heavy atom. The number of amides is 1. The molecule has 0 spiro atoms. The van der Waals surface area contributed by atoms with Crippen LogP contribution in [-0.4, -0.2) is 37.4 Å². The van der Waals surface area contributed by atoms with Gasteiger partial charge in [-0.25, -0.2) is 0 Å². The van der Waals surface area contributed by atoms with Gasteiger partial charge < -0.3 is 14.4 Å². The topological polar surface area (TPSA) is 55.8 Å². The van der Waals surface area contributed by atoms with E-state index in [0.29, 0.717) is 27.6 Å². The van der Waals surface area contributed by atoms with Crippen LogP contribution < -0.4 is 9.47 Å². The highest BCUT2D eigenvalue weighted by Crippen LogP contribution is 2.28. The van der Waals surface area contributed by atoms with E-state index in [9.17, 15) is 9.59 Å². The average Bonchev–Trinajstić information content (AvgIpc) is 2.72. The number of halogens is 1. The summed E-state index contributed by atoms with van der Waals surface area (Å²) in [7, 11) is 3.13. The van der Waals surface area contributed by atoms with Gasteiger partial charge >= 0.3 is 0 Å². The maximum absolute atomic E-state index is 12.9. The molecule has 0 bridgehead atoms. The van der Waals surface area contributed by atoms with Crippen molar-refractivity contribution in [2.75, 3.05) is 20.8 Å². The first kappa shape index (κ1) is 17.3. The number of methoxy groups -OCH3 is 2. The molecule has 25 heavy (non-hydrogen) atoms. The summed E-state index contributed by atoms with van der Waals surface area (Å²) in [5.41, 5.74) is 1.99. The predicted molar refractivity (Wildman–Crippen MR) is 94.4 cm³/mol. The molecule has 0 unspecified atom stereocenters. The molecule has 5 nitrogen and oxygen atoms in total. The molecule has 130 valence electrons. The fourth-order valence-corrected chi connectivity index (χ4v) is 3.11. The van der Waals surface area contributed by atoms with Crippen LogP contribution in [0.4, 0.5) is 0 Å². The van der Waals surface area contributed by atoms with E-state index >= 15 is 0 Å². The first-order valence-corrected chi connectivity index (χ1v) is 8.20. The molecule has 6 heteroatoms. The van der Waals surface area contributed by atoms with E-state index in [1.807, 2.05) is 6.07 Å². The molecule has 1 aliphatic rings. The van der Waals surface area contributed by atoms with Crippen molar-refractivity contribution in [3.05, 3.63) is 58.1 Å². The van der Waals surface area contributed by atoms with Crippen molar-refractivity contribution in [1.29, 1.82) is 0 Å². The lowest BCUT2D eigenvalue weighted by Gasteiger charge is -2.22. The largest absolute Gasteiger partial charge is 0.497 e. The molecule has 3 rings (SSSR count). The van der Waals surface area contributed by atoms with Crippen molar-refractivity contribution in [3.63, 3.8) is 0 Å². The number of Topliss-reactive ketones (excluding diaryl/α,β-unsaturated/α-hetero) is 1. The average molecular weight is 360 g/mol. The number of nitrogens with zero attached hydrogens (tertiary/aromatic N) is 1. The van der Waals surface area contributed by atoms with Crippen molar-refractivity contribution in [2.24, 2.45) is 0 Å². The van der Waals surface area contributed by atoms with E-state index in [4.69, 9.17) is 21.1 Å². The van der Waals surface area contributed by atoms with Gasteiger partial charge in [0.15, 0.2) is 5.78 Å². The summed E-state index contributed by atoms with van der Waals surface area (Å²) < 4.78 is 10.6. The molecule has 2 aromatic rings. The number of fused-ring (bicyclic) bond motifs is 1. The first-order valence-electron chi connectivity index (χ1n) is 7.82. The van der Waals surface area contributed by atoms with Crippen molar-refractivity contribution < 1.29 is 19.1 Å². The van der Waals surface area contributed by atoms with Crippen LogP contribution >= 0.6 is 11.6 Å². The standard InChI is InChI=1S/C19H18ClNO4/c1-24-16-6-4-13(18(9-16)25-2)10-21-11-15(22)7-12-3-5-14(20)8-17(12)19(21)23/h3-6,8-9H,7,10-11H2,1-2H3. The molecule has 0 N–H and O–H groups in total. The van der Waals surface area contributed by atoms with Gasteiger partial charge in [-0.2, -0.15) is 0 Å². The van der Waals surface area contributed by atoms with E-state index in [-0.39, 0.29) is 31.2 Å². The van der Waals surface area contributed by atoms with Crippen LogP contribution in [0.1, 0.15) is 21.5 Å². The monoisotopic (exact) mass is 359 g/mol. The highest BCUT2D eigenvalue weighted by Gasteiger charge is 2.27. The number of ketones is 1. The summed E-state index contributed by atoms with van der Waals surface area (Å²) in [5, 5.41) is 0.475. The van der Waals surface area contributed by atoms with Crippen LogP contribution in [-0.2, 0) is 17.8 Å². The first-order chi connectivity index (χ1) is 12.0. The number of rotatable bonds is 4. The summed E-state index contributed by atoms with van der Waals surface area (Å²) >= 11 is 6.03. The van der Waals surface area contributed by atoms with Gasteiger partial charge in [0.05, 0.1) is 27.3 Å². The Labute approximate surface area is 151 Å². The van der Waals surface area contributed by atoms with Crippen molar-refractivity contribution in [2.45, 2.75) is 13.0 Å². The minimum Gasteiger partial charge on any atom is -0.497 e. The van der Waals surface area contributed by atoms with Gasteiger partial charge in [-0.3, -0.25) is 9.59 Å². The van der Waals surface area contributed by atoms with E-state index in [0.717, 1.165) is 5.56 Å². The minimum atomic E-state index is -0.207. The Morgan fingerprint density at radius 1 is 1.08 bits per heavy atom. The summed E-state index contributed by atoms with van der Waals surface area (Å²) in [4.78, 5) is 26.7. The normalized spacial score (nSPS) is 14.1. The summed E-state index contributed by atoms with van der Waals surface area (Å²) in [6.45, 7) is 0.323. The van der Waals surface area contributed by atoms with E-state index < -0.39 is 0 Å². The molecule has 1 amide bonds. The number of benzene rings is 2. The Balaban J connectivity index is 1.94. The predicted octanol–water partition coefficient (Wildman–Crippen LogP) is 3.12. The second-order valence-corrected chi connectivity index (χ2v) is 6.29. The van der Waals surface area contributed by atoms with Gasteiger partial charge in [0, 0.05) is 28.6 Å². The molecule has 0 atom stereocenters. The Hall–Kier alpha value is -2.53. The van der Waals surface area contributed by atoms with E-state index in [2.05, 4.69) is 0 Å². The van der Waals surface area contributed by atoms with Crippen molar-refractivity contribution >= 4 is 23.3 Å². The molecule has 0 saturated heterocycles. The molecular formula is C19H18ClNO4. The second kappa shape index (κ2) is 7.15. The zero-order valence-corrected chi connectivity index (χ0v) is 14.8. The third kappa shape index (κ3) is 3.61. The zero-order chi connectivity index (χ0) is 18.0. The quantitative estimate of drug-likeness (QED) is 0.841. The fourth-order valence-electron chi connectivity index (χ4n) is 2.94. The van der Waals surface area contributed by atoms with E-state index in [1.165, 1.54) is 4.90 Å². The Kier molecular flexibility index (Phi) is 4.95. The Morgan fingerprint density at radius 2 is 1.88 bits per heavy atom. The fraction of sp³-hybridized carbons (Fsp3) is 0.263. The number of hydrogen-bond donors (Lipinski definition) is 0. The van der Waals surface area contributed by atoms with Crippen LogP contribution in [0, 0.1) is 0 Å². The van der Waals surface area contributed by atoms with Crippen LogP contribution in [0.25, 0.3) is 0 Å². The summed E-state index contributed by atoms with van der Waals surface area (Å²) in [5.74, 6) is 1.05. The number of carbonyl (C=O) groups is 2. The molecule has 2 aromatic carbocycles. The van der Waals surface area contributed by atoms with Gasteiger partial charge in [0.25, 0.3) is 5.91 Å². The van der Waals surface area contributed by atoms with Crippen LogP contribution in [0.2, 0.25) is 5.02 Å². The minimum absolute atomic E-state index is 0.0121. The lowest BCUT2D eigenvalue weighted by atomic mass is 10.0. The molecule has 1 aliphatic heterocycles. The smallest absolute Gasteiger partial charge is 0.254 e. The third-order valence-electron chi connectivity index (χ3n) is 4.20. The molecule has 0 aromatic heterocycles. The van der Waals surface area contributed by atoms with Gasteiger partial charge in [0.1, 0.15) is 11.5 Å². The molecule has 0 fully saturated rings. The molecule has 0 radical (unpaired) electrons.